The van der Waals surface area contributed by atoms with E-state index < -0.39 is 0 Å². The van der Waals surface area contributed by atoms with Crippen LogP contribution in [0.15, 0.2) is 60.7 Å². The first-order valence-corrected chi connectivity index (χ1v) is 13.5. The highest BCUT2D eigenvalue weighted by atomic mass is 16.1. The summed E-state index contributed by atoms with van der Waals surface area (Å²) in [5, 5.41) is 8.24. The van der Waals surface area contributed by atoms with Gasteiger partial charge in [0.15, 0.2) is 5.78 Å². The van der Waals surface area contributed by atoms with E-state index >= 15 is 0 Å². The molecule has 1 saturated heterocycles. The van der Waals surface area contributed by atoms with Gasteiger partial charge in [0.25, 0.3) is 0 Å². The monoisotopic (exact) mass is 469 g/mol. The number of aromatic nitrogens is 2. The van der Waals surface area contributed by atoms with Crippen molar-refractivity contribution in [3.05, 3.63) is 77.5 Å². The maximum absolute atomic E-state index is 12.7. The summed E-state index contributed by atoms with van der Waals surface area (Å²) in [6.07, 6.45) is 7.90. The second-order valence-corrected chi connectivity index (χ2v) is 10.9. The topological polar surface area (TPSA) is 46.9 Å². The van der Waals surface area contributed by atoms with Gasteiger partial charge in [0.2, 0.25) is 0 Å². The summed E-state index contributed by atoms with van der Waals surface area (Å²) >= 11 is 0. The Morgan fingerprint density at radius 1 is 1.00 bits per heavy atom. The average molecular weight is 470 g/mol. The summed E-state index contributed by atoms with van der Waals surface area (Å²) in [5.41, 5.74) is 5.90. The average Bonchev–Trinajstić information content (AvgIpc) is 3.52. The van der Waals surface area contributed by atoms with Gasteiger partial charge in [0.05, 0.1) is 11.4 Å². The molecule has 2 aromatic carbocycles. The number of rotatable bonds is 8. The lowest BCUT2D eigenvalue weighted by Gasteiger charge is -2.21. The van der Waals surface area contributed by atoms with Crippen molar-refractivity contribution in [2.75, 3.05) is 13.1 Å². The van der Waals surface area contributed by atoms with Crippen LogP contribution in [0.2, 0.25) is 0 Å². The van der Waals surface area contributed by atoms with Crippen molar-refractivity contribution >= 4 is 5.78 Å². The standard InChI is InChI=1S/C31H39N3O/c1-22(29-21-30(34(2)33-29)26-6-4-3-5-7-26)18-24-8-9-28(19-24)25-10-12-27(13-11-25)31(35)20-23-14-16-32-17-15-23/h3-7,10-13,21-24,28,32H,8-9,14-20H2,1-2H3/t22-,24?,28-/m0/s1. The van der Waals surface area contributed by atoms with Crippen molar-refractivity contribution in [2.45, 2.75) is 63.7 Å². The summed E-state index contributed by atoms with van der Waals surface area (Å²) < 4.78 is 2.02. The molecule has 1 aliphatic heterocycles. The van der Waals surface area contributed by atoms with Gasteiger partial charge in [0.1, 0.15) is 0 Å². The maximum atomic E-state index is 12.7. The molecule has 35 heavy (non-hydrogen) atoms. The van der Waals surface area contributed by atoms with Gasteiger partial charge in [-0.15, -0.1) is 0 Å². The number of Topliss-reactive ketones (excluding diaryl/α,β-unsaturated/α-hetero) is 1. The van der Waals surface area contributed by atoms with E-state index in [2.05, 4.69) is 72.9 Å². The minimum absolute atomic E-state index is 0.312. The fourth-order valence-corrected chi connectivity index (χ4v) is 6.23. The molecular weight excluding hydrogens is 430 g/mol. The molecule has 1 N–H and O–H groups in total. The molecule has 1 aliphatic carbocycles. The van der Waals surface area contributed by atoms with Crippen LogP contribution in [-0.4, -0.2) is 28.7 Å². The van der Waals surface area contributed by atoms with E-state index in [0.717, 1.165) is 37.4 Å². The van der Waals surface area contributed by atoms with Gasteiger partial charge in [-0.05, 0) is 86.6 Å². The highest BCUT2D eigenvalue weighted by Crippen LogP contribution is 2.42. The van der Waals surface area contributed by atoms with Crippen molar-refractivity contribution in [1.82, 2.24) is 15.1 Å². The van der Waals surface area contributed by atoms with Crippen molar-refractivity contribution in [1.29, 1.82) is 0 Å². The van der Waals surface area contributed by atoms with Gasteiger partial charge in [-0.2, -0.15) is 5.10 Å². The van der Waals surface area contributed by atoms with Gasteiger partial charge >= 0.3 is 0 Å². The quantitative estimate of drug-likeness (QED) is 0.372. The zero-order chi connectivity index (χ0) is 24.2. The van der Waals surface area contributed by atoms with Crippen LogP contribution in [0.4, 0.5) is 0 Å². The fraction of sp³-hybridized carbons (Fsp3) is 0.484. The third-order valence-electron chi connectivity index (χ3n) is 8.34. The Balaban J connectivity index is 1.15. The maximum Gasteiger partial charge on any atom is 0.163 e. The molecule has 0 spiro atoms. The van der Waals surface area contributed by atoms with Gasteiger partial charge in [-0.1, -0.05) is 61.5 Å². The van der Waals surface area contributed by atoms with Crippen molar-refractivity contribution in [2.24, 2.45) is 18.9 Å². The number of aryl methyl sites for hydroxylation is 1. The second kappa shape index (κ2) is 10.9. The number of carbonyl (C=O) groups is 1. The zero-order valence-electron chi connectivity index (χ0n) is 21.2. The summed E-state index contributed by atoms with van der Waals surface area (Å²) in [6.45, 7) is 4.42. The van der Waals surface area contributed by atoms with Crippen LogP contribution in [0.1, 0.15) is 85.3 Å². The molecule has 5 rings (SSSR count). The molecule has 0 bridgehead atoms. The van der Waals surface area contributed by atoms with Crippen molar-refractivity contribution in [3.8, 4) is 11.3 Å². The number of carbonyl (C=O) groups excluding carboxylic acids is 1. The third kappa shape index (κ3) is 5.75. The minimum atomic E-state index is 0.312. The first-order chi connectivity index (χ1) is 17.1. The van der Waals surface area contributed by atoms with Crippen LogP contribution in [0.25, 0.3) is 11.3 Å². The Kier molecular flexibility index (Phi) is 7.48. The van der Waals surface area contributed by atoms with Crippen molar-refractivity contribution < 1.29 is 4.79 Å². The molecule has 1 aromatic heterocycles. The van der Waals surface area contributed by atoms with E-state index in [-0.39, 0.29) is 0 Å². The number of ketones is 1. The second-order valence-electron chi connectivity index (χ2n) is 10.9. The minimum Gasteiger partial charge on any atom is -0.317 e. The number of hydrogen-bond donors (Lipinski definition) is 1. The van der Waals surface area contributed by atoms with Crippen LogP contribution in [0.5, 0.6) is 0 Å². The van der Waals surface area contributed by atoms with E-state index in [1.54, 1.807) is 0 Å². The van der Waals surface area contributed by atoms with Crippen LogP contribution >= 0.6 is 0 Å². The van der Waals surface area contributed by atoms with Crippen LogP contribution in [-0.2, 0) is 7.05 Å². The predicted octanol–water partition coefficient (Wildman–Crippen LogP) is 6.74. The number of hydrogen-bond acceptors (Lipinski definition) is 3. The Hall–Kier alpha value is -2.72. The molecule has 1 saturated carbocycles. The number of benzene rings is 2. The summed E-state index contributed by atoms with van der Waals surface area (Å²) in [4.78, 5) is 12.7. The molecule has 3 atom stereocenters. The van der Waals surface area contributed by atoms with E-state index in [4.69, 9.17) is 5.10 Å². The van der Waals surface area contributed by atoms with Crippen molar-refractivity contribution in [3.63, 3.8) is 0 Å². The van der Waals surface area contributed by atoms with E-state index in [1.165, 1.54) is 48.2 Å². The molecule has 184 valence electrons. The third-order valence-corrected chi connectivity index (χ3v) is 8.34. The highest BCUT2D eigenvalue weighted by Gasteiger charge is 2.28. The molecule has 2 heterocycles. The van der Waals surface area contributed by atoms with Crippen LogP contribution in [0.3, 0.4) is 0 Å². The number of piperidine rings is 1. The van der Waals surface area contributed by atoms with Gasteiger partial charge in [-0.25, -0.2) is 0 Å². The zero-order valence-corrected chi connectivity index (χ0v) is 21.2. The molecule has 4 nitrogen and oxygen atoms in total. The lowest BCUT2D eigenvalue weighted by atomic mass is 9.88. The number of nitrogens with zero attached hydrogens (tertiary/aromatic N) is 2. The molecule has 1 unspecified atom stereocenters. The Bertz CT molecular complexity index is 1110. The summed E-state index contributed by atoms with van der Waals surface area (Å²) in [6, 6.07) is 21.4. The molecule has 0 radical (unpaired) electrons. The first kappa shape index (κ1) is 24.0. The number of nitrogens with one attached hydrogen (secondary N) is 1. The molecule has 4 heteroatoms. The molecule has 3 aromatic rings. The van der Waals surface area contributed by atoms with Gasteiger partial charge < -0.3 is 5.32 Å². The van der Waals surface area contributed by atoms with Crippen LogP contribution in [0, 0.1) is 11.8 Å². The molecule has 0 amide bonds. The Morgan fingerprint density at radius 3 is 2.49 bits per heavy atom. The molecule has 2 fully saturated rings. The lowest BCUT2D eigenvalue weighted by molar-refractivity contribution is 0.0952. The Morgan fingerprint density at radius 2 is 1.74 bits per heavy atom. The smallest absolute Gasteiger partial charge is 0.163 e. The van der Waals surface area contributed by atoms with E-state index in [1.807, 2.05) is 11.7 Å². The fourth-order valence-electron chi connectivity index (χ4n) is 6.23. The lowest BCUT2D eigenvalue weighted by Crippen LogP contribution is -2.28. The molecule has 2 aliphatic rings. The van der Waals surface area contributed by atoms with Gasteiger partial charge in [-0.3, -0.25) is 9.48 Å². The SMILES string of the molecule is C[C@@H](CC1CC[C@H](c2ccc(C(=O)CC3CCNCC3)cc2)C1)c1cc(-c2ccccc2)n(C)n1. The predicted molar refractivity (Wildman–Crippen MR) is 143 cm³/mol. The first-order valence-electron chi connectivity index (χ1n) is 13.5. The van der Waals surface area contributed by atoms with E-state index in [9.17, 15) is 4.79 Å². The van der Waals surface area contributed by atoms with Crippen LogP contribution < -0.4 is 5.32 Å². The summed E-state index contributed by atoms with van der Waals surface area (Å²) in [7, 11) is 2.05. The highest BCUT2D eigenvalue weighted by molar-refractivity contribution is 5.96. The van der Waals surface area contributed by atoms with Gasteiger partial charge in [0, 0.05) is 24.9 Å². The Labute approximate surface area is 210 Å². The molecular formula is C31H39N3O. The largest absolute Gasteiger partial charge is 0.317 e. The normalized spacial score (nSPS) is 21.8. The summed E-state index contributed by atoms with van der Waals surface area (Å²) in [5.74, 6) is 2.66. The van der Waals surface area contributed by atoms with E-state index in [0.29, 0.717) is 30.0 Å².